The zero-order valence-corrected chi connectivity index (χ0v) is 16.8. The average Bonchev–Trinajstić information content (AvgIpc) is 2.77. The highest BCUT2D eigenvalue weighted by Crippen LogP contribution is 2.24. The topological polar surface area (TPSA) is 65.0 Å². The van der Waals surface area contributed by atoms with Gasteiger partial charge in [-0.25, -0.2) is 4.79 Å². The van der Waals surface area contributed by atoms with E-state index in [-0.39, 0.29) is 12.2 Å². The number of methoxy groups -OCH3 is 1. The van der Waals surface area contributed by atoms with Crippen molar-refractivity contribution in [1.29, 1.82) is 0 Å². The number of carboxylic acid groups (broad SMARTS) is 1. The number of benzene rings is 3. The largest absolute Gasteiger partial charge is 0.503 e. The molecule has 1 N–H and O–H groups in total. The van der Waals surface area contributed by atoms with Crippen LogP contribution in [0, 0.1) is 0 Å². The zero-order chi connectivity index (χ0) is 21.2. The zero-order valence-electron chi connectivity index (χ0n) is 16.8. The molecule has 0 unspecified atom stereocenters. The second kappa shape index (κ2) is 10.7. The van der Waals surface area contributed by atoms with E-state index < -0.39 is 5.97 Å². The molecule has 0 aromatic heterocycles. The molecule has 0 aliphatic heterocycles. The Kier molecular flexibility index (Phi) is 7.50. The SMILES string of the molecule is COC=C(C(=O)O)c1ccccc1COc1cccc(OCCc2ccccc2)c1. The van der Waals surface area contributed by atoms with Gasteiger partial charge in [-0.15, -0.1) is 0 Å². The predicted molar refractivity (Wildman–Crippen MR) is 115 cm³/mol. The van der Waals surface area contributed by atoms with Crippen molar-refractivity contribution < 1.29 is 24.1 Å². The molecule has 0 heterocycles. The Balaban J connectivity index is 1.63. The van der Waals surface area contributed by atoms with E-state index >= 15 is 0 Å². The van der Waals surface area contributed by atoms with E-state index in [1.165, 1.54) is 18.9 Å². The van der Waals surface area contributed by atoms with Crippen LogP contribution in [-0.4, -0.2) is 24.8 Å². The second-order valence-electron chi connectivity index (χ2n) is 6.58. The molecule has 0 fully saturated rings. The van der Waals surface area contributed by atoms with Gasteiger partial charge in [0.1, 0.15) is 23.7 Å². The maximum atomic E-state index is 11.6. The maximum Gasteiger partial charge on any atom is 0.339 e. The minimum Gasteiger partial charge on any atom is -0.503 e. The molecule has 3 aromatic carbocycles. The molecular formula is C25H24O5. The van der Waals surface area contributed by atoms with Gasteiger partial charge < -0.3 is 19.3 Å². The fourth-order valence-electron chi connectivity index (χ4n) is 3.00. The summed E-state index contributed by atoms with van der Waals surface area (Å²) < 4.78 is 16.7. The number of hydrogen-bond acceptors (Lipinski definition) is 4. The fraction of sp³-hybridized carbons (Fsp3) is 0.160. The third-order valence-electron chi connectivity index (χ3n) is 4.48. The summed E-state index contributed by atoms with van der Waals surface area (Å²) in [6, 6.07) is 24.8. The minimum absolute atomic E-state index is 0.0784. The monoisotopic (exact) mass is 404 g/mol. The highest BCUT2D eigenvalue weighted by Gasteiger charge is 2.15. The molecule has 0 aliphatic rings. The lowest BCUT2D eigenvalue weighted by atomic mass is 10.0. The lowest BCUT2D eigenvalue weighted by Crippen LogP contribution is -2.06. The summed E-state index contributed by atoms with van der Waals surface area (Å²) in [7, 11) is 1.42. The Bertz CT molecular complexity index is 995. The summed E-state index contributed by atoms with van der Waals surface area (Å²) in [5.74, 6) is 0.315. The quantitative estimate of drug-likeness (QED) is 0.382. The van der Waals surface area contributed by atoms with Crippen LogP contribution in [0.25, 0.3) is 5.57 Å². The van der Waals surface area contributed by atoms with Crippen LogP contribution in [0.5, 0.6) is 11.5 Å². The Morgan fingerprint density at radius 2 is 1.60 bits per heavy atom. The van der Waals surface area contributed by atoms with E-state index in [1.807, 2.05) is 54.6 Å². The summed E-state index contributed by atoms with van der Waals surface area (Å²) in [4.78, 5) is 11.6. The number of carbonyl (C=O) groups is 1. The Morgan fingerprint density at radius 3 is 2.33 bits per heavy atom. The summed E-state index contributed by atoms with van der Waals surface area (Å²) >= 11 is 0. The summed E-state index contributed by atoms with van der Waals surface area (Å²) in [5, 5.41) is 9.46. The highest BCUT2D eigenvalue weighted by atomic mass is 16.5. The molecule has 0 amide bonds. The van der Waals surface area contributed by atoms with Crippen molar-refractivity contribution in [3.05, 3.63) is 102 Å². The maximum absolute atomic E-state index is 11.6. The van der Waals surface area contributed by atoms with Crippen molar-refractivity contribution in [2.75, 3.05) is 13.7 Å². The van der Waals surface area contributed by atoms with Gasteiger partial charge in [0.25, 0.3) is 0 Å². The molecule has 0 saturated heterocycles. The molecule has 0 atom stereocenters. The molecule has 0 bridgehead atoms. The molecule has 154 valence electrons. The molecule has 0 saturated carbocycles. The first kappa shape index (κ1) is 21.0. The van der Waals surface area contributed by atoms with Gasteiger partial charge in [-0.3, -0.25) is 0 Å². The molecule has 3 aromatic rings. The Hall–Kier alpha value is -3.73. The first-order chi connectivity index (χ1) is 14.7. The van der Waals surface area contributed by atoms with Crippen LogP contribution < -0.4 is 9.47 Å². The van der Waals surface area contributed by atoms with Crippen molar-refractivity contribution >= 4 is 11.5 Å². The molecular weight excluding hydrogens is 380 g/mol. The normalized spacial score (nSPS) is 11.0. The van der Waals surface area contributed by atoms with Gasteiger partial charge in [-0.1, -0.05) is 60.7 Å². The summed E-state index contributed by atoms with van der Waals surface area (Å²) in [6.07, 6.45) is 2.05. The standard InChI is InChI=1S/C25H24O5/c1-28-18-24(25(26)27)23-13-6-5-10-20(23)17-30-22-12-7-11-21(16-22)29-15-14-19-8-3-2-4-9-19/h2-13,16,18H,14-15,17H2,1H3,(H,26,27). The third-order valence-corrected chi connectivity index (χ3v) is 4.48. The number of ether oxygens (including phenoxy) is 3. The Morgan fingerprint density at radius 1 is 0.900 bits per heavy atom. The van der Waals surface area contributed by atoms with E-state index in [1.54, 1.807) is 12.1 Å². The molecule has 0 aliphatic carbocycles. The van der Waals surface area contributed by atoms with Crippen LogP contribution in [0.15, 0.2) is 85.1 Å². The molecule has 5 nitrogen and oxygen atoms in total. The van der Waals surface area contributed by atoms with Crippen LogP contribution in [0.4, 0.5) is 0 Å². The molecule has 3 rings (SSSR count). The van der Waals surface area contributed by atoms with Gasteiger partial charge in [-0.05, 0) is 28.8 Å². The number of hydrogen-bond donors (Lipinski definition) is 1. The van der Waals surface area contributed by atoms with E-state index in [4.69, 9.17) is 14.2 Å². The van der Waals surface area contributed by atoms with Gasteiger partial charge in [0.05, 0.1) is 20.0 Å². The molecule has 30 heavy (non-hydrogen) atoms. The second-order valence-corrected chi connectivity index (χ2v) is 6.58. The minimum atomic E-state index is -1.06. The average molecular weight is 404 g/mol. The molecule has 5 heteroatoms. The smallest absolute Gasteiger partial charge is 0.339 e. The number of carboxylic acids is 1. The van der Waals surface area contributed by atoms with Gasteiger partial charge in [0.2, 0.25) is 0 Å². The number of aliphatic carboxylic acids is 1. The summed E-state index contributed by atoms with van der Waals surface area (Å²) in [6.45, 7) is 0.790. The van der Waals surface area contributed by atoms with E-state index in [2.05, 4.69) is 12.1 Å². The third kappa shape index (κ3) is 5.88. The van der Waals surface area contributed by atoms with Gasteiger partial charge in [0.15, 0.2) is 0 Å². The summed E-state index contributed by atoms with van der Waals surface area (Å²) in [5.41, 5.74) is 2.61. The molecule has 0 radical (unpaired) electrons. The lowest BCUT2D eigenvalue weighted by Gasteiger charge is -2.13. The van der Waals surface area contributed by atoms with E-state index in [9.17, 15) is 9.90 Å². The molecule has 0 spiro atoms. The number of rotatable bonds is 10. The van der Waals surface area contributed by atoms with E-state index in [0.717, 1.165) is 17.7 Å². The first-order valence-corrected chi connectivity index (χ1v) is 9.61. The van der Waals surface area contributed by atoms with Crippen molar-refractivity contribution in [1.82, 2.24) is 0 Å². The van der Waals surface area contributed by atoms with Crippen LogP contribution in [0.3, 0.4) is 0 Å². The fourth-order valence-corrected chi connectivity index (χ4v) is 3.00. The highest BCUT2D eigenvalue weighted by molar-refractivity contribution is 6.15. The van der Waals surface area contributed by atoms with Crippen LogP contribution in [-0.2, 0) is 22.6 Å². The first-order valence-electron chi connectivity index (χ1n) is 9.61. The van der Waals surface area contributed by atoms with Gasteiger partial charge in [-0.2, -0.15) is 0 Å². The van der Waals surface area contributed by atoms with Crippen LogP contribution in [0.1, 0.15) is 16.7 Å². The Labute approximate surface area is 176 Å². The van der Waals surface area contributed by atoms with Crippen molar-refractivity contribution in [2.24, 2.45) is 0 Å². The van der Waals surface area contributed by atoms with Crippen molar-refractivity contribution in [3.8, 4) is 11.5 Å². The van der Waals surface area contributed by atoms with E-state index in [0.29, 0.717) is 17.9 Å². The van der Waals surface area contributed by atoms with Crippen molar-refractivity contribution in [2.45, 2.75) is 13.0 Å². The van der Waals surface area contributed by atoms with Gasteiger partial charge >= 0.3 is 5.97 Å². The van der Waals surface area contributed by atoms with Crippen LogP contribution >= 0.6 is 0 Å². The van der Waals surface area contributed by atoms with Crippen LogP contribution in [0.2, 0.25) is 0 Å². The van der Waals surface area contributed by atoms with Gasteiger partial charge in [0, 0.05) is 12.5 Å². The van der Waals surface area contributed by atoms with Crippen molar-refractivity contribution in [3.63, 3.8) is 0 Å². The predicted octanol–water partition coefficient (Wildman–Crippen LogP) is 4.96. The lowest BCUT2D eigenvalue weighted by molar-refractivity contribution is -0.130.